The molecule has 7 nitrogen and oxygen atoms in total. The van der Waals surface area contributed by atoms with Crippen molar-refractivity contribution >= 4 is 17.8 Å². The maximum atomic E-state index is 13.7. The van der Waals surface area contributed by atoms with Crippen LogP contribution in [0.5, 0.6) is 0 Å². The molecule has 0 fully saturated rings. The number of hydrogen-bond acceptors (Lipinski definition) is 5. The molecule has 2 heterocycles. The second-order valence-corrected chi connectivity index (χ2v) is 10.7. The molecule has 3 aromatic carbocycles. The number of nitrogens with one attached hydrogen (secondary N) is 1. The Balaban J connectivity index is 1.28. The number of carbonyl (C=O) groups excluding carboxylic acids is 2. The first-order valence-corrected chi connectivity index (χ1v) is 13.3. The predicted molar refractivity (Wildman–Crippen MR) is 152 cm³/mol. The molecule has 8 heteroatoms. The van der Waals surface area contributed by atoms with Crippen LogP contribution in [0.15, 0.2) is 101 Å². The minimum absolute atomic E-state index is 0.269. The lowest BCUT2D eigenvalue weighted by atomic mass is 9.94. The number of aliphatic imine (C=N–C) groups is 1. The SMILES string of the molecule is CN(Cc1ccccc1)C[C@@H](OC(=O)N1CC2=C(CN=C2NC(=O)c2ccc(F)cc2)C1(C)C)c1ccccc1. The van der Waals surface area contributed by atoms with Crippen LogP contribution in [0.1, 0.15) is 41.4 Å². The fourth-order valence-electron chi connectivity index (χ4n) is 5.24. The Morgan fingerprint density at radius 1 is 1.02 bits per heavy atom. The van der Waals surface area contributed by atoms with Gasteiger partial charge in [0.15, 0.2) is 0 Å². The summed E-state index contributed by atoms with van der Waals surface area (Å²) in [4.78, 5) is 34.8. The van der Waals surface area contributed by atoms with Crippen LogP contribution >= 0.6 is 0 Å². The van der Waals surface area contributed by atoms with Gasteiger partial charge in [-0.2, -0.15) is 0 Å². The third kappa shape index (κ3) is 5.82. The van der Waals surface area contributed by atoms with Gasteiger partial charge in [0.25, 0.3) is 5.91 Å². The zero-order valence-corrected chi connectivity index (χ0v) is 22.9. The van der Waals surface area contributed by atoms with Gasteiger partial charge in [0.05, 0.1) is 18.6 Å². The summed E-state index contributed by atoms with van der Waals surface area (Å²) in [5, 5.41) is 2.84. The quantitative estimate of drug-likeness (QED) is 0.438. The van der Waals surface area contributed by atoms with E-state index in [0.29, 0.717) is 24.5 Å². The highest BCUT2D eigenvalue weighted by Crippen LogP contribution is 2.39. The summed E-state index contributed by atoms with van der Waals surface area (Å²) in [6.45, 7) is 5.83. The number of nitrogens with zero attached hydrogens (tertiary/aromatic N) is 3. The molecule has 2 aliphatic heterocycles. The van der Waals surface area contributed by atoms with Crippen LogP contribution in [0.25, 0.3) is 0 Å². The molecule has 2 amide bonds. The molecule has 0 radical (unpaired) electrons. The van der Waals surface area contributed by atoms with E-state index in [9.17, 15) is 14.0 Å². The molecule has 0 unspecified atom stereocenters. The molecule has 2 aliphatic rings. The van der Waals surface area contributed by atoms with Crippen molar-refractivity contribution in [1.29, 1.82) is 0 Å². The summed E-state index contributed by atoms with van der Waals surface area (Å²) in [6, 6.07) is 25.3. The minimum Gasteiger partial charge on any atom is -0.440 e. The monoisotopic (exact) mass is 540 g/mol. The smallest absolute Gasteiger partial charge is 0.411 e. The highest BCUT2D eigenvalue weighted by molar-refractivity contribution is 6.14. The number of hydrogen-bond donors (Lipinski definition) is 1. The summed E-state index contributed by atoms with van der Waals surface area (Å²) in [7, 11) is 2.01. The van der Waals surface area contributed by atoms with E-state index < -0.39 is 23.6 Å². The zero-order valence-electron chi connectivity index (χ0n) is 22.9. The molecule has 1 N–H and O–H groups in total. The Bertz CT molecular complexity index is 1440. The van der Waals surface area contributed by atoms with Gasteiger partial charge in [-0.15, -0.1) is 0 Å². The molecule has 40 heavy (non-hydrogen) atoms. The van der Waals surface area contributed by atoms with Gasteiger partial charge in [-0.1, -0.05) is 60.7 Å². The largest absolute Gasteiger partial charge is 0.440 e. The van der Waals surface area contributed by atoms with Crippen LogP contribution in [-0.2, 0) is 11.3 Å². The van der Waals surface area contributed by atoms with Crippen LogP contribution in [-0.4, -0.2) is 59.9 Å². The summed E-state index contributed by atoms with van der Waals surface area (Å²) in [5.74, 6) is -0.349. The molecular weight excluding hydrogens is 507 g/mol. The molecule has 0 bridgehead atoms. The zero-order chi connectivity index (χ0) is 28.3. The molecule has 206 valence electrons. The Labute approximate surface area is 234 Å². The van der Waals surface area contributed by atoms with Gasteiger partial charge in [0.1, 0.15) is 17.8 Å². The number of carbonyl (C=O) groups is 2. The van der Waals surface area contributed by atoms with E-state index in [0.717, 1.165) is 23.3 Å². The number of rotatable bonds is 7. The highest BCUT2D eigenvalue weighted by atomic mass is 19.1. The number of ether oxygens (including phenoxy) is 1. The molecule has 1 atom stereocenters. The van der Waals surface area contributed by atoms with Crippen molar-refractivity contribution in [2.45, 2.75) is 32.0 Å². The maximum Gasteiger partial charge on any atom is 0.411 e. The summed E-state index contributed by atoms with van der Waals surface area (Å²) in [5.41, 5.74) is 3.57. The second kappa shape index (κ2) is 11.4. The van der Waals surface area contributed by atoms with Crippen LogP contribution < -0.4 is 5.32 Å². The molecule has 0 aliphatic carbocycles. The third-order valence-electron chi connectivity index (χ3n) is 7.52. The van der Waals surface area contributed by atoms with Gasteiger partial charge in [0.2, 0.25) is 0 Å². The van der Waals surface area contributed by atoms with E-state index in [1.165, 1.54) is 29.8 Å². The van der Waals surface area contributed by atoms with E-state index in [4.69, 9.17) is 4.74 Å². The highest BCUT2D eigenvalue weighted by Gasteiger charge is 2.46. The number of benzene rings is 3. The lowest BCUT2D eigenvalue weighted by molar-refractivity contribution is 0.0345. The topological polar surface area (TPSA) is 74.2 Å². The standard InChI is InChI=1S/C32H33FN4O3/c1-32(2)27-18-34-29(35-30(38)24-14-16-25(33)17-15-24)26(27)20-37(32)31(39)40-28(23-12-8-5-9-13-23)21-36(3)19-22-10-6-4-7-11-22/h4-17,28H,18-21H2,1-3H3,(H,34,35,38)/t28-/m1/s1. The first kappa shape index (κ1) is 27.3. The summed E-state index contributed by atoms with van der Waals surface area (Å²) in [6.07, 6.45) is -0.898. The van der Waals surface area contributed by atoms with Crippen molar-refractivity contribution in [1.82, 2.24) is 15.1 Å². The summed E-state index contributed by atoms with van der Waals surface area (Å²) < 4.78 is 19.5. The van der Waals surface area contributed by atoms with Gasteiger partial charge in [-0.25, -0.2) is 9.18 Å². The molecular formula is C32H33FN4O3. The minimum atomic E-state index is -0.643. The lowest BCUT2D eigenvalue weighted by Crippen LogP contribution is -2.47. The van der Waals surface area contributed by atoms with Gasteiger partial charge in [-0.3, -0.25) is 19.6 Å². The van der Waals surface area contributed by atoms with Gasteiger partial charge in [0, 0.05) is 24.2 Å². The van der Waals surface area contributed by atoms with Gasteiger partial charge in [-0.05, 0) is 61.9 Å². The third-order valence-corrected chi connectivity index (χ3v) is 7.52. The Morgan fingerprint density at radius 2 is 1.68 bits per heavy atom. The van der Waals surface area contributed by atoms with E-state index in [1.54, 1.807) is 4.90 Å². The first-order valence-electron chi connectivity index (χ1n) is 13.3. The number of amidine groups is 1. The first-order chi connectivity index (χ1) is 19.2. The summed E-state index contributed by atoms with van der Waals surface area (Å²) >= 11 is 0. The molecule has 3 aromatic rings. The predicted octanol–water partition coefficient (Wildman–Crippen LogP) is 5.37. The normalized spacial score (nSPS) is 16.5. The fraction of sp³-hybridized carbons (Fsp3) is 0.281. The average Bonchev–Trinajstić information content (AvgIpc) is 3.47. The van der Waals surface area contributed by atoms with Crippen LogP contribution in [0.2, 0.25) is 0 Å². The van der Waals surface area contributed by atoms with Crippen molar-refractivity contribution in [3.8, 4) is 0 Å². The van der Waals surface area contributed by atoms with Crippen molar-refractivity contribution in [3.63, 3.8) is 0 Å². The Morgan fingerprint density at radius 3 is 2.35 bits per heavy atom. The lowest BCUT2D eigenvalue weighted by Gasteiger charge is -2.35. The average molecular weight is 541 g/mol. The van der Waals surface area contributed by atoms with Crippen molar-refractivity contribution in [2.75, 3.05) is 26.7 Å². The Kier molecular flexibility index (Phi) is 7.80. The van der Waals surface area contributed by atoms with Gasteiger partial charge >= 0.3 is 6.09 Å². The van der Waals surface area contributed by atoms with Crippen molar-refractivity contribution in [3.05, 3.63) is 119 Å². The number of halogens is 1. The van der Waals surface area contributed by atoms with Crippen LogP contribution in [0.3, 0.4) is 0 Å². The molecule has 0 aromatic heterocycles. The molecule has 5 rings (SSSR count). The molecule has 0 spiro atoms. The molecule has 0 saturated carbocycles. The van der Waals surface area contributed by atoms with E-state index in [-0.39, 0.29) is 12.5 Å². The van der Waals surface area contributed by atoms with Crippen LogP contribution in [0.4, 0.5) is 9.18 Å². The Hall–Kier alpha value is -4.30. The number of amides is 2. The van der Waals surface area contributed by atoms with Crippen LogP contribution in [0, 0.1) is 5.82 Å². The van der Waals surface area contributed by atoms with E-state index in [2.05, 4.69) is 27.3 Å². The van der Waals surface area contributed by atoms with Gasteiger partial charge < -0.3 is 10.1 Å². The maximum absolute atomic E-state index is 13.7. The second-order valence-electron chi connectivity index (χ2n) is 10.7. The van der Waals surface area contributed by atoms with Crippen molar-refractivity contribution < 1.29 is 18.7 Å². The van der Waals surface area contributed by atoms with E-state index >= 15 is 0 Å². The fourth-order valence-corrected chi connectivity index (χ4v) is 5.24. The van der Waals surface area contributed by atoms with E-state index in [1.807, 2.05) is 69.4 Å². The van der Waals surface area contributed by atoms with Crippen molar-refractivity contribution in [2.24, 2.45) is 4.99 Å². The molecule has 0 saturated heterocycles. The number of likely N-dealkylation sites (N-methyl/N-ethyl adjacent to an activating group) is 1.